The van der Waals surface area contributed by atoms with Crippen molar-refractivity contribution < 1.29 is 14.6 Å². The highest BCUT2D eigenvalue weighted by Crippen LogP contribution is 2.33. The molecule has 0 aliphatic rings. The molecule has 2 amide bonds. The van der Waals surface area contributed by atoms with Gasteiger partial charge in [-0.1, -0.05) is 62.9 Å². The second-order valence-electron chi connectivity index (χ2n) is 11.4. The van der Waals surface area contributed by atoms with Crippen molar-refractivity contribution in [2.45, 2.75) is 42.5 Å². The average molecular weight is 620 g/mol. The van der Waals surface area contributed by atoms with Crippen LogP contribution < -0.4 is 15.4 Å². The number of methoxy groups -OCH3 is 1. The first-order valence-corrected chi connectivity index (χ1v) is 15.2. The highest BCUT2D eigenvalue weighted by molar-refractivity contribution is 7.99. The summed E-state index contributed by atoms with van der Waals surface area (Å²) in [6, 6.07) is 28.0. The summed E-state index contributed by atoms with van der Waals surface area (Å²) in [5, 5.41) is 29.7. The standard InChI is InChI=1S/C34H33N7O3S/c1-34(2,3)29-19-31(41(39-29)23-13-15-24(44-4)16-14-23)36-33(43)35-20-22-9-5-8-12-28(22)45-25-17-18-30-37-38-32(40(30)21-25)26-10-6-7-11-27(26)42/h5-19,21,42H,20H2,1-4H3,(H2,35,36,43). The molecule has 3 aromatic carbocycles. The molecule has 0 bridgehead atoms. The fraction of sp³-hybridized carbons (Fsp3) is 0.176. The Bertz CT molecular complexity index is 1980. The first-order chi connectivity index (χ1) is 21.7. The van der Waals surface area contributed by atoms with Crippen LogP contribution in [-0.2, 0) is 12.0 Å². The summed E-state index contributed by atoms with van der Waals surface area (Å²) >= 11 is 1.57. The smallest absolute Gasteiger partial charge is 0.320 e. The highest BCUT2D eigenvalue weighted by atomic mass is 32.2. The van der Waals surface area contributed by atoms with Crippen molar-refractivity contribution in [3.05, 3.63) is 108 Å². The van der Waals surface area contributed by atoms with Crippen molar-refractivity contribution in [3.8, 4) is 28.6 Å². The molecule has 0 unspecified atom stereocenters. The monoisotopic (exact) mass is 619 g/mol. The molecular formula is C34H33N7O3S. The fourth-order valence-corrected chi connectivity index (χ4v) is 5.71. The predicted molar refractivity (Wildman–Crippen MR) is 175 cm³/mol. The second-order valence-corrected chi connectivity index (χ2v) is 12.5. The number of pyridine rings is 1. The maximum atomic E-state index is 13.2. The van der Waals surface area contributed by atoms with E-state index in [9.17, 15) is 9.90 Å². The van der Waals surface area contributed by atoms with Crippen LogP contribution in [-0.4, -0.2) is 42.6 Å². The number of rotatable bonds is 8. The number of nitrogens with zero attached hydrogens (tertiary/aromatic N) is 5. The molecular weight excluding hydrogens is 586 g/mol. The van der Waals surface area contributed by atoms with Crippen LogP contribution >= 0.6 is 11.8 Å². The van der Waals surface area contributed by atoms with Gasteiger partial charge in [0.1, 0.15) is 17.3 Å². The molecule has 3 N–H and O–H groups in total. The third-order valence-corrected chi connectivity index (χ3v) is 8.29. The molecule has 6 rings (SSSR count). The van der Waals surface area contributed by atoms with Crippen LogP contribution in [0, 0.1) is 0 Å². The van der Waals surface area contributed by atoms with Crippen molar-refractivity contribution >= 4 is 29.3 Å². The molecule has 0 atom stereocenters. The highest BCUT2D eigenvalue weighted by Gasteiger charge is 2.22. The Balaban J connectivity index is 1.19. The van der Waals surface area contributed by atoms with E-state index in [1.54, 1.807) is 35.7 Å². The van der Waals surface area contributed by atoms with Gasteiger partial charge < -0.3 is 15.2 Å². The average Bonchev–Trinajstić information content (AvgIpc) is 3.65. The topological polar surface area (TPSA) is 119 Å². The zero-order chi connectivity index (χ0) is 31.6. The van der Waals surface area contributed by atoms with E-state index < -0.39 is 0 Å². The van der Waals surface area contributed by atoms with Gasteiger partial charge in [-0.2, -0.15) is 5.10 Å². The summed E-state index contributed by atoms with van der Waals surface area (Å²) < 4.78 is 8.89. The zero-order valence-electron chi connectivity index (χ0n) is 25.4. The minimum atomic E-state index is -0.344. The lowest BCUT2D eigenvalue weighted by molar-refractivity contribution is 0.251. The number of urea groups is 1. The summed E-state index contributed by atoms with van der Waals surface area (Å²) in [6.45, 7) is 6.56. The van der Waals surface area contributed by atoms with Gasteiger partial charge in [-0.15, -0.1) is 10.2 Å². The maximum absolute atomic E-state index is 13.2. The lowest BCUT2D eigenvalue weighted by Crippen LogP contribution is -2.29. The Morgan fingerprint density at radius 3 is 2.47 bits per heavy atom. The van der Waals surface area contributed by atoms with Crippen LogP contribution in [0.25, 0.3) is 22.7 Å². The molecule has 6 aromatic rings. The van der Waals surface area contributed by atoms with E-state index in [2.05, 4.69) is 41.6 Å². The van der Waals surface area contributed by atoms with Gasteiger partial charge in [0, 0.05) is 34.0 Å². The molecule has 10 nitrogen and oxygen atoms in total. The van der Waals surface area contributed by atoms with E-state index in [-0.39, 0.29) is 17.2 Å². The first-order valence-electron chi connectivity index (χ1n) is 14.4. The van der Waals surface area contributed by atoms with Crippen LogP contribution in [0.3, 0.4) is 0 Å². The number of aromatic nitrogens is 5. The molecule has 0 fully saturated rings. The van der Waals surface area contributed by atoms with Gasteiger partial charge in [0.15, 0.2) is 11.5 Å². The number of amides is 2. The molecule has 0 radical (unpaired) electrons. The van der Waals surface area contributed by atoms with E-state index in [1.165, 1.54) is 0 Å². The molecule has 3 aromatic heterocycles. The first kappa shape index (κ1) is 29.8. The number of carbonyl (C=O) groups excluding carboxylic acids is 1. The van der Waals surface area contributed by atoms with Crippen molar-refractivity contribution in [2.24, 2.45) is 0 Å². The van der Waals surface area contributed by atoms with Crippen LogP contribution in [0.2, 0.25) is 0 Å². The van der Waals surface area contributed by atoms with Crippen LogP contribution in [0.4, 0.5) is 10.6 Å². The maximum Gasteiger partial charge on any atom is 0.320 e. The molecule has 0 spiro atoms. The van der Waals surface area contributed by atoms with E-state index in [0.29, 0.717) is 29.4 Å². The molecule has 0 aliphatic carbocycles. The van der Waals surface area contributed by atoms with Gasteiger partial charge in [-0.05, 0) is 60.2 Å². The van der Waals surface area contributed by atoms with Crippen molar-refractivity contribution in [1.29, 1.82) is 0 Å². The van der Waals surface area contributed by atoms with Gasteiger partial charge >= 0.3 is 6.03 Å². The summed E-state index contributed by atoms with van der Waals surface area (Å²) in [5.74, 6) is 2.00. The normalized spacial score (nSPS) is 11.5. The van der Waals surface area contributed by atoms with Crippen LogP contribution in [0.5, 0.6) is 11.5 Å². The van der Waals surface area contributed by atoms with Crippen LogP contribution in [0.15, 0.2) is 107 Å². The Labute approximate surface area is 265 Å². The third-order valence-electron chi connectivity index (χ3n) is 7.20. The van der Waals surface area contributed by atoms with Crippen molar-refractivity contribution in [2.75, 3.05) is 12.4 Å². The van der Waals surface area contributed by atoms with Crippen LogP contribution in [0.1, 0.15) is 32.0 Å². The number of nitrogens with one attached hydrogen (secondary N) is 2. The van der Waals surface area contributed by atoms with Gasteiger partial charge in [-0.25, -0.2) is 9.48 Å². The second kappa shape index (κ2) is 12.4. The SMILES string of the molecule is COc1ccc(-n2nc(C(C)(C)C)cc2NC(=O)NCc2ccccc2Sc2ccc3nnc(-c4ccccc4O)n3c2)cc1. The number of benzene rings is 3. The van der Waals surface area contributed by atoms with E-state index in [1.807, 2.05) is 89.5 Å². The zero-order valence-corrected chi connectivity index (χ0v) is 26.2. The minimum absolute atomic E-state index is 0.140. The van der Waals surface area contributed by atoms with E-state index in [4.69, 9.17) is 9.84 Å². The number of aromatic hydroxyl groups is 1. The molecule has 11 heteroatoms. The summed E-state index contributed by atoms with van der Waals surface area (Å²) in [7, 11) is 1.62. The lowest BCUT2D eigenvalue weighted by atomic mass is 9.92. The Morgan fingerprint density at radius 1 is 0.956 bits per heavy atom. The summed E-state index contributed by atoms with van der Waals surface area (Å²) in [4.78, 5) is 15.1. The quantitative estimate of drug-likeness (QED) is 0.167. The van der Waals surface area contributed by atoms with Crippen molar-refractivity contribution in [3.63, 3.8) is 0 Å². The Hall–Kier alpha value is -5.29. The third kappa shape index (κ3) is 6.48. The number of carbonyl (C=O) groups is 1. The lowest BCUT2D eigenvalue weighted by Gasteiger charge is -2.14. The fourth-order valence-electron chi connectivity index (χ4n) is 4.75. The van der Waals surface area contributed by atoms with Gasteiger partial charge in [-0.3, -0.25) is 9.72 Å². The number of ether oxygens (including phenoxy) is 1. The number of phenols is 1. The molecule has 0 saturated carbocycles. The number of phenolic OH excluding ortho intramolecular Hbond substituents is 1. The minimum Gasteiger partial charge on any atom is -0.507 e. The Morgan fingerprint density at radius 2 is 1.71 bits per heavy atom. The molecule has 45 heavy (non-hydrogen) atoms. The van der Waals surface area contributed by atoms with E-state index in [0.717, 1.165) is 32.5 Å². The van der Waals surface area contributed by atoms with Gasteiger partial charge in [0.05, 0.1) is 24.1 Å². The molecule has 228 valence electrons. The van der Waals surface area contributed by atoms with Gasteiger partial charge in [0.2, 0.25) is 0 Å². The number of hydrogen-bond acceptors (Lipinski definition) is 7. The largest absolute Gasteiger partial charge is 0.507 e. The molecule has 0 saturated heterocycles. The van der Waals surface area contributed by atoms with Crippen molar-refractivity contribution in [1.82, 2.24) is 29.7 Å². The Kier molecular flexibility index (Phi) is 8.18. The molecule has 0 aliphatic heterocycles. The summed E-state index contributed by atoms with van der Waals surface area (Å²) in [6.07, 6.45) is 1.95. The number of hydrogen-bond donors (Lipinski definition) is 3. The number of fused-ring (bicyclic) bond motifs is 1. The predicted octanol–water partition coefficient (Wildman–Crippen LogP) is 7.07. The van der Waals surface area contributed by atoms with Gasteiger partial charge in [0.25, 0.3) is 0 Å². The molecule has 3 heterocycles. The van der Waals surface area contributed by atoms with E-state index >= 15 is 0 Å². The summed E-state index contributed by atoms with van der Waals surface area (Å²) in [5.41, 5.74) is 3.68. The number of anilines is 1. The number of para-hydroxylation sites is 1.